The van der Waals surface area contributed by atoms with Gasteiger partial charge in [-0.25, -0.2) is 0 Å². The van der Waals surface area contributed by atoms with E-state index >= 15 is 0 Å². The minimum Gasteiger partial charge on any atom is -0.335 e. The van der Waals surface area contributed by atoms with Crippen molar-refractivity contribution in [1.82, 2.24) is 4.90 Å². The molecular weight excluding hydrogens is 272 g/mol. The predicted molar refractivity (Wildman–Crippen MR) is 79.8 cm³/mol. The molecule has 3 N–H and O–H groups in total. The number of rotatable bonds is 4. The molecule has 2 rings (SSSR count). The van der Waals surface area contributed by atoms with E-state index in [9.17, 15) is 14.9 Å². The molecule has 1 atom stereocenters. The van der Waals surface area contributed by atoms with Crippen LogP contribution in [0.15, 0.2) is 18.2 Å². The monoisotopic (exact) mass is 292 g/mol. The molecule has 1 unspecified atom stereocenters. The molecular formula is C14H20N4O3. The second kappa shape index (κ2) is 6.09. The normalized spacial score (nSPS) is 18.1. The lowest BCUT2D eigenvalue weighted by Gasteiger charge is -2.28. The number of nitrogens with zero attached hydrogens (tertiary/aromatic N) is 2. The van der Waals surface area contributed by atoms with Crippen molar-refractivity contribution in [3.8, 4) is 0 Å². The minimum absolute atomic E-state index is 0.0712. The Bertz CT molecular complexity index is 559. The number of hydrogen-bond donors (Lipinski definition) is 2. The van der Waals surface area contributed by atoms with Crippen molar-refractivity contribution < 1.29 is 9.72 Å². The first kappa shape index (κ1) is 15.2. The summed E-state index contributed by atoms with van der Waals surface area (Å²) in [6.45, 7) is 4.83. The highest BCUT2D eigenvalue weighted by atomic mass is 16.6. The maximum absolute atomic E-state index is 12.7. The van der Waals surface area contributed by atoms with Gasteiger partial charge in [-0.05, 0) is 24.8 Å². The van der Waals surface area contributed by atoms with Crippen molar-refractivity contribution in [3.63, 3.8) is 0 Å². The largest absolute Gasteiger partial charge is 0.335 e. The highest BCUT2D eigenvalue weighted by Gasteiger charge is 2.33. The van der Waals surface area contributed by atoms with Gasteiger partial charge in [-0.3, -0.25) is 20.8 Å². The van der Waals surface area contributed by atoms with Gasteiger partial charge in [0, 0.05) is 18.7 Å². The lowest BCUT2D eigenvalue weighted by atomic mass is 10.0. The van der Waals surface area contributed by atoms with E-state index < -0.39 is 4.92 Å². The van der Waals surface area contributed by atoms with Crippen molar-refractivity contribution in [2.45, 2.75) is 32.7 Å². The van der Waals surface area contributed by atoms with Gasteiger partial charge in [-0.2, -0.15) is 0 Å². The Morgan fingerprint density at radius 2 is 2.24 bits per heavy atom. The van der Waals surface area contributed by atoms with Crippen LogP contribution in [0.4, 0.5) is 11.4 Å². The molecule has 21 heavy (non-hydrogen) atoms. The molecule has 1 aromatic carbocycles. The van der Waals surface area contributed by atoms with Crippen molar-refractivity contribution in [3.05, 3.63) is 33.9 Å². The number of benzene rings is 1. The first-order chi connectivity index (χ1) is 9.97. The van der Waals surface area contributed by atoms with Gasteiger partial charge in [0.1, 0.15) is 5.69 Å². The Hall–Kier alpha value is -2.15. The van der Waals surface area contributed by atoms with Crippen LogP contribution in [0.25, 0.3) is 0 Å². The van der Waals surface area contributed by atoms with Crippen LogP contribution in [0.1, 0.15) is 37.0 Å². The summed E-state index contributed by atoms with van der Waals surface area (Å²) in [5.74, 6) is 5.54. The van der Waals surface area contributed by atoms with Crippen molar-refractivity contribution >= 4 is 17.3 Å². The van der Waals surface area contributed by atoms with Gasteiger partial charge >= 0.3 is 0 Å². The van der Waals surface area contributed by atoms with Gasteiger partial charge in [0.05, 0.1) is 10.5 Å². The second-order valence-electron chi connectivity index (χ2n) is 5.55. The molecule has 1 amide bonds. The first-order valence-electron chi connectivity index (χ1n) is 7.02. The number of nitrogens with two attached hydrogens (primary N) is 1. The standard InChI is InChI=1S/C14H20N4O3/c1-9(2)11-7-4-8-17(11)14(19)10-5-3-6-12(18(20)21)13(10)16-15/h3,5-6,9,11,16H,4,7-8,15H2,1-2H3. The van der Waals surface area contributed by atoms with Gasteiger partial charge in [0.25, 0.3) is 11.6 Å². The van der Waals surface area contributed by atoms with Gasteiger partial charge in [0.15, 0.2) is 0 Å². The molecule has 0 aromatic heterocycles. The molecule has 0 bridgehead atoms. The zero-order valence-electron chi connectivity index (χ0n) is 12.2. The average molecular weight is 292 g/mol. The maximum Gasteiger partial charge on any atom is 0.294 e. The quantitative estimate of drug-likeness (QED) is 0.503. The summed E-state index contributed by atoms with van der Waals surface area (Å²) in [7, 11) is 0. The molecule has 0 saturated carbocycles. The minimum atomic E-state index is -0.546. The zero-order chi connectivity index (χ0) is 15.6. The van der Waals surface area contributed by atoms with Gasteiger partial charge in [0.2, 0.25) is 0 Å². The molecule has 1 aliphatic heterocycles. The number of nitro benzene ring substituents is 1. The number of para-hydroxylation sites is 1. The Balaban J connectivity index is 2.39. The summed E-state index contributed by atoms with van der Waals surface area (Å²) in [6, 6.07) is 4.57. The third-order valence-electron chi connectivity index (χ3n) is 3.94. The smallest absolute Gasteiger partial charge is 0.294 e. The van der Waals surface area contributed by atoms with Gasteiger partial charge in [-0.15, -0.1) is 0 Å². The van der Waals surface area contributed by atoms with Crippen molar-refractivity contribution in [1.29, 1.82) is 0 Å². The Labute approximate surface area is 123 Å². The molecule has 1 aliphatic rings. The van der Waals surface area contributed by atoms with E-state index in [0.717, 1.165) is 12.8 Å². The number of nitrogen functional groups attached to an aromatic ring is 1. The topological polar surface area (TPSA) is 102 Å². The number of carbonyl (C=O) groups is 1. The van der Waals surface area contributed by atoms with Crippen LogP contribution in [-0.4, -0.2) is 28.3 Å². The molecule has 0 radical (unpaired) electrons. The van der Waals surface area contributed by atoms with E-state index in [1.54, 1.807) is 11.0 Å². The lowest BCUT2D eigenvalue weighted by molar-refractivity contribution is -0.384. The van der Waals surface area contributed by atoms with Crippen molar-refractivity contribution in [2.75, 3.05) is 12.0 Å². The average Bonchev–Trinajstić information content (AvgIpc) is 2.95. The number of nitro groups is 1. The number of amides is 1. The second-order valence-corrected chi connectivity index (χ2v) is 5.55. The molecule has 1 fully saturated rings. The molecule has 7 heteroatoms. The van der Waals surface area contributed by atoms with E-state index in [2.05, 4.69) is 19.3 Å². The van der Waals surface area contributed by atoms with E-state index in [1.807, 2.05) is 0 Å². The van der Waals surface area contributed by atoms with Crippen LogP contribution in [-0.2, 0) is 0 Å². The summed E-state index contributed by atoms with van der Waals surface area (Å²) in [4.78, 5) is 25.0. The summed E-state index contributed by atoms with van der Waals surface area (Å²) in [5, 5.41) is 11.0. The third-order valence-corrected chi connectivity index (χ3v) is 3.94. The first-order valence-corrected chi connectivity index (χ1v) is 7.02. The lowest BCUT2D eigenvalue weighted by Crippen LogP contribution is -2.39. The number of hydrazine groups is 1. The van der Waals surface area contributed by atoms with Crippen LogP contribution in [0.2, 0.25) is 0 Å². The van der Waals surface area contributed by atoms with Crippen LogP contribution >= 0.6 is 0 Å². The molecule has 0 aliphatic carbocycles. The fraction of sp³-hybridized carbons (Fsp3) is 0.500. The highest BCUT2D eigenvalue weighted by molar-refractivity contribution is 6.01. The molecule has 114 valence electrons. The number of likely N-dealkylation sites (tertiary alicyclic amines) is 1. The summed E-state index contributed by atoms with van der Waals surface area (Å²) >= 11 is 0. The Morgan fingerprint density at radius 1 is 1.52 bits per heavy atom. The SMILES string of the molecule is CC(C)C1CCCN1C(=O)c1cccc([N+](=O)[O-])c1NN. The van der Waals surface area contributed by atoms with Crippen LogP contribution in [0.3, 0.4) is 0 Å². The molecule has 1 heterocycles. The van der Waals surface area contributed by atoms with Gasteiger partial charge in [-0.1, -0.05) is 19.9 Å². The highest BCUT2D eigenvalue weighted by Crippen LogP contribution is 2.31. The Kier molecular flexibility index (Phi) is 4.42. The van der Waals surface area contributed by atoms with E-state index in [0.29, 0.717) is 12.5 Å². The van der Waals surface area contributed by atoms with Crippen LogP contribution in [0, 0.1) is 16.0 Å². The zero-order valence-corrected chi connectivity index (χ0v) is 12.2. The van der Waals surface area contributed by atoms with E-state index in [1.165, 1.54) is 12.1 Å². The fourth-order valence-electron chi connectivity index (χ4n) is 2.91. The number of carbonyl (C=O) groups excluding carboxylic acids is 1. The number of nitrogens with one attached hydrogen (secondary N) is 1. The molecule has 1 saturated heterocycles. The number of hydrogen-bond acceptors (Lipinski definition) is 5. The molecule has 1 aromatic rings. The predicted octanol–water partition coefficient (Wildman–Crippen LogP) is 2.14. The summed E-state index contributed by atoms with van der Waals surface area (Å²) < 4.78 is 0. The fourth-order valence-corrected chi connectivity index (χ4v) is 2.91. The van der Waals surface area contributed by atoms with Gasteiger partial charge < -0.3 is 10.3 Å². The third kappa shape index (κ3) is 2.82. The van der Waals surface area contributed by atoms with Crippen LogP contribution < -0.4 is 11.3 Å². The van der Waals surface area contributed by atoms with E-state index in [-0.39, 0.29) is 28.9 Å². The molecule has 7 nitrogen and oxygen atoms in total. The van der Waals surface area contributed by atoms with Crippen molar-refractivity contribution in [2.24, 2.45) is 11.8 Å². The summed E-state index contributed by atoms with van der Waals surface area (Å²) in [5.41, 5.74) is 2.43. The molecule has 0 spiro atoms. The van der Waals surface area contributed by atoms with Crippen LogP contribution in [0.5, 0.6) is 0 Å². The summed E-state index contributed by atoms with van der Waals surface area (Å²) in [6.07, 6.45) is 1.92. The maximum atomic E-state index is 12.7. The number of anilines is 1. The Morgan fingerprint density at radius 3 is 2.81 bits per heavy atom. The van der Waals surface area contributed by atoms with E-state index in [4.69, 9.17) is 5.84 Å².